The third-order valence-corrected chi connectivity index (χ3v) is 3.58. The van der Waals surface area contributed by atoms with Crippen LogP contribution >= 0.6 is 11.9 Å². The highest BCUT2D eigenvalue weighted by molar-refractivity contribution is 7.96. The van der Waals surface area contributed by atoms with Gasteiger partial charge in [-0.2, -0.15) is 5.10 Å². The second kappa shape index (κ2) is 3.21. The van der Waals surface area contributed by atoms with Gasteiger partial charge < -0.3 is 0 Å². The number of fused-ring (bicyclic) bond motifs is 3. The van der Waals surface area contributed by atoms with Crippen LogP contribution in [0.3, 0.4) is 0 Å². The molecule has 1 aliphatic rings. The van der Waals surface area contributed by atoms with Crippen LogP contribution in [0.1, 0.15) is 17.0 Å². The van der Waals surface area contributed by atoms with Gasteiger partial charge in [-0.05, 0) is 19.2 Å². The first kappa shape index (κ1) is 9.18. The molecule has 3 rings (SSSR count). The normalized spacial score (nSPS) is 16.1. The predicted octanol–water partition coefficient (Wildman–Crippen LogP) is 1.63. The van der Waals surface area contributed by atoms with E-state index >= 15 is 0 Å². The Morgan fingerprint density at radius 1 is 1.40 bits per heavy atom. The fourth-order valence-electron chi connectivity index (χ4n) is 1.97. The van der Waals surface area contributed by atoms with Crippen LogP contribution in [0.15, 0.2) is 12.3 Å². The minimum absolute atomic E-state index is 0.930. The van der Waals surface area contributed by atoms with E-state index in [1.165, 1.54) is 11.3 Å². The van der Waals surface area contributed by atoms with E-state index in [0.717, 1.165) is 24.4 Å². The summed E-state index contributed by atoms with van der Waals surface area (Å²) in [6.45, 7) is 3.94. The van der Waals surface area contributed by atoms with Gasteiger partial charge in [-0.15, -0.1) is 0 Å². The third kappa shape index (κ3) is 1.27. The van der Waals surface area contributed by atoms with Crippen LogP contribution in [-0.4, -0.2) is 25.2 Å². The second-order valence-corrected chi connectivity index (χ2v) is 4.61. The zero-order chi connectivity index (χ0) is 10.4. The summed E-state index contributed by atoms with van der Waals surface area (Å²) in [5.74, 6) is 0. The number of hydrogen-bond acceptors (Lipinski definition) is 4. The van der Waals surface area contributed by atoms with Crippen molar-refractivity contribution in [2.45, 2.75) is 20.0 Å². The van der Waals surface area contributed by atoms with E-state index in [4.69, 9.17) is 0 Å². The lowest BCUT2D eigenvalue weighted by Crippen LogP contribution is -2.07. The van der Waals surface area contributed by atoms with Gasteiger partial charge in [-0.3, -0.25) is 0 Å². The van der Waals surface area contributed by atoms with Gasteiger partial charge in [0.2, 0.25) is 0 Å². The highest BCUT2D eigenvalue weighted by Crippen LogP contribution is 2.28. The van der Waals surface area contributed by atoms with Gasteiger partial charge in [-0.1, -0.05) is 11.9 Å². The molecule has 15 heavy (non-hydrogen) atoms. The van der Waals surface area contributed by atoms with Crippen molar-refractivity contribution in [2.24, 2.45) is 0 Å². The monoisotopic (exact) mass is 220 g/mol. The molecule has 0 unspecified atom stereocenters. The Balaban J connectivity index is 2.19. The zero-order valence-electron chi connectivity index (χ0n) is 8.77. The maximum absolute atomic E-state index is 4.59. The predicted molar refractivity (Wildman–Crippen MR) is 60.5 cm³/mol. The topological polar surface area (TPSA) is 33.4 Å². The van der Waals surface area contributed by atoms with Gasteiger partial charge in [0.05, 0.1) is 12.2 Å². The molecule has 0 N–H and O–H groups in total. The highest BCUT2D eigenvalue weighted by Gasteiger charge is 2.25. The molecular formula is C10H12N4S. The molecule has 3 heterocycles. The lowest BCUT2D eigenvalue weighted by molar-refractivity contribution is 0.501. The fraction of sp³-hybridized carbons (Fsp3) is 0.400. The number of nitrogens with zero attached hydrogens (tertiary/aromatic N) is 4. The first-order chi connectivity index (χ1) is 7.29. The molecule has 0 saturated heterocycles. The molecule has 4 nitrogen and oxygen atoms in total. The first-order valence-electron chi connectivity index (χ1n) is 4.91. The van der Waals surface area contributed by atoms with Gasteiger partial charge in [0.15, 0.2) is 5.65 Å². The molecule has 78 valence electrons. The summed E-state index contributed by atoms with van der Waals surface area (Å²) in [6.07, 6.45) is 3.95. The lowest BCUT2D eigenvalue weighted by atomic mass is 10.3. The van der Waals surface area contributed by atoms with Crippen molar-refractivity contribution >= 4 is 17.6 Å². The van der Waals surface area contributed by atoms with Crippen LogP contribution in [0.5, 0.6) is 0 Å². The lowest BCUT2D eigenvalue weighted by Gasteiger charge is -2.09. The van der Waals surface area contributed by atoms with Gasteiger partial charge in [0, 0.05) is 24.0 Å². The van der Waals surface area contributed by atoms with Gasteiger partial charge >= 0.3 is 0 Å². The van der Waals surface area contributed by atoms with E-state index < -0.39 is 0 Å². The molecule has 0 aliphatic carbocycles. The van der Waals surface area contributed by atoms with E-state index in [1.807, 2.05) is 16.8 Å². The maximum Gasteiger partial charge on any atom is 0.160 e. The molecular weight excluding hydrogens is 208 g/mol. The van der Waals surface area contributed by atoms with E-state index in [9.17, 15) is 0 Å². The molecule has 0 atom stereocenters. The first-order valence-corrected chi connectivity index (χ1v) is 6.09. The molecule has 0 amide bonds. The Morgan fingerprint density at radius 3 is 3.07 bits per heavy atom. The summed E-state index contributed by atoms with van der Waals surface area (Å²) >= 11 is 1.76. The molecule has 0 aromatic carbocycles. The van der Waals surface area contributed by atoms with E-state index in [2.05, 4.69) is 27.6 Å². The molecule has 2 aromatic heterocycles. The molecule has 5 heteroatoms. The molecule has 0 spiro atoms. The molecule has 2 aromatic rings. The van der Waals surface area contributed by atoms with Crippen LogP contribution in [0, 0.1) is 6.92 Å². The number of aromatic nitrogens is 3. The van der Waals surface area contributed by atoms with Crippen molar-refractivity contribution in [1.29, 1.82) is 0 Å². The number of aryl methyl sites for hydroxylation is 1. The van der Waals surface area contributed by atoms with Crippen molar-refractivity contribution in [3.63, 3.8) is 0 Å². The average molecular weight is 220 g/mol. The van der Waals surface area contributed by atoms with Crippen LogP contribution in [0.2, 0.25) is 0 Å². The SMILES string of the molecule is CSN1Cc2nn3c(C)ccnc3c2C1. The largest absolute Gasteiger partial charge is 0.240 e. The van der Waals surface area contributed by atoms with Crippen molar-refractivity contribution in [3.05, 3.63) is 29.2 Å². The quantitative estimate of drug-likeness (QED) is 0.684. The summed E-state index contributed by atoms with van der Waals surface area (Å²) in [4.78, 5) is 4.41. The standard InChI is InChI=1S/C10H12N4S/c1-7-3-4-11-10-8-5-13(15-2)6-9(8)12-14(7)10/h3-4H,5-6H2,1-2H3. The molecule has 0 bridgehead atoms. The van der Waals surface area contributed by atoms with Crippen molar-refractivity contribution in [3.8, 4) is 0 Å². The zero-order valence-corrected chi connectivity index (χ0v) is 9.58. The minimum Gasteiger partial charge on any atom is -0.240 e. The summed E-state index contributed by atoms with van der Waals surface area (Å²) in [5.41, 5.74) is 4.62. The Labute approximate surface area is 92.4 Å². The maximum atomic E-state index is 4.59. The Morgan fingerprint density at radius 2 is 2.27 bits per heavy atom. The Hall–Kier alpha value is -1.07. The Bertz CT molecular complexity index is 519. The fourth-order valence-corrected chi connectivity index (χ4v) is 2.48. The molecule has 0 fully saturated rings. The van der Waals surface area contributed by atoms with E-state index in [1.54, 1.807) is 11.9 Å². The molecule has 1 aliphatic heterocycles. The van der Waals surface area contributed by atoms with Crippen LogP contribution in [0.4, 0.5) is 0 Å². The van der Waals surface area contributed by atoms with E-state index in [0.29, 0.717) is 0 Å². The second-order valence-electron chi connectivity index (χ2n) is 3.73. The minimum atomic E-state index is 0.930. The number of hydrogen-bond donors (Lipinski definition) is 0. The van der Waals surface area contributed by atoms with Crippen LogP contribution < -0.4 is 0 Å². The smallest absolute Gasteiger partial charge is 0.160 e. The summed E-state index contributed by atoms with van der Waals surface area (Å²) in [7, 11) is 0. The summed E-state index contributed by atoms with van der Waals surface area (Å²) < 4.78 is 4.24. The van der Waals surface area contributed by atoms with E-state index in [-0.39, 0.29) is 0 Å². The van der Waals surface area contributed by atoms with Crippen molar-refractivity contribution in [2.75, 3.05) is 6.26 Å². The van der Waals surface area contributed by atoms with Crippen molar-refractivity contribution in [1.82, 2.24) is 18.9 Å². The van der Waals surface area contributed by atoms with Gasteiger partial charge in [0.25, 0.3) is 0 Å². The molecule has 0 saturated carbocycles. The Kier molecular flexibility index (Phi) is 1.97. The molecule has 0 radical (unpaired) electrons. The van der Waals surface area contributed by atoms with Crippen LogP contribution in [-0.2, 0) is 13.1 Å². The average Bonchev–Trinajstić information content (AvgIpc) is 2.76. The van der Waals surface area contributed by atoms with Gasteiger partial charge in [-0.25, -0.2) is 13.8 Å². The highest BCUT2D eigenvalue weighted by atomic mass is 32.2. The number of rotatable bonds is 1. The third-order valence-electron chi connectivity index (χ3n) is 2.81. The summed E-state index contributed by atoms with van der Waals surface area (Å²) in [6, 6.07) is 1.99. The summed E-state index contributed by atoms with van der Waals surface area (Å²) in [5, 5.41) is 4.59. The van der Waals surface area contributed by atoms with Gasteiger partial charge in [0.1, 0.15) is 0 Å². The van der Waals surface area contributed by atoms with Crippen molar-refractivity contribution < 1.29 is 0 Å². The van der Waals surface area contributed by atoms with Crippen LogP contribution in [0.25, 0.3) is 5.65 Å².